The molecule has 0 spiro atoms. The van der Waals surface area contributed by atoms with Gasteiger partial charge in [0.25, 0.3) is 0 Å². The molecule has 0 aliphatic heterocycles. The number of rotatable bonds is 3. The van der Waals surface area contributed by atoms with Crippen molar-refractivity contribution in [3.05, 3.63) is 48.2 Å². The molecule has 0 radical (unpaired) electrons. The van der Waals surface area contributed by atoms with Crippen LogP contribution in [0, 0.1) is 0 Å². The van der Waals surface area contributed by atoms with Crippen molar-refractivity contribution in [2.75, 3.05) is 7.11 Å². The van der Waals surface area contributed by atoms with Gasteiger partial charge >= 0.3 is 0 Å². The molecule has 2 aromatic rings. The van der Waals surface area contributed by atoms with Crippen LogP contribution in [0.2, 0.25) is 0 Å². The number of hydrogen-bond acceptors (Lipinski definition) is 3. The molecule has 0 aliphatic rings. The van der Waals surface area contributed by atoms with E-state index in [-0.39, 0.29) is 0 Å². The average molecular weight is 213 g/mol. The van der Waals surface area contributed by atoms with Crippen molar-refractivity contribution in [3.63, 3.8) is 0 Å². The van der Waals surface area contributed by atoms with Crippen LogP contribution in [-0.2, 0) is 0 Å². The van der Waals surface area contributed by atoms with Crippen LogP contribution in [-0.4, -0.2) is 18.4 Å². The molecule has 0 amide bonds. The number of carbonyl (C=O) groups excluding carboxylic acids is 1. The van der Waals surface area contributed by atoms with Gasteiger partial charge in [0.05, 0.1) is 19.0 Å². The number of hydrogen-bond donors (Lipinski definition) is 0. The molecule has 3 heteroatoms. The quantitative estimate of drug-likeness (QED) is 0.735. The first-order valence-electron chi connectivity index (χ1n) is 4.89. The number of ether oxygens (including phenoxy) is 1. The Labute approximate surface area is 93.7 Å². The summed E-state index contributed by atoms with van der Waals surface area (Å²) < 4.78 is 5.03. The highest BCUT2D eigenvalue weighted by atomic mass is 16.5. The summed E-state index contributed by atoms with van der Waals surface area (Å²) in [7, 11) is 1.61. The Morgan fingerprint density at radius 2 is 1.88 bits per heavy atom. The highest BCUT2D eigenvalue weighted by molar-refractivity contribution is 5.76. The van der Waals surface area contributed by atoms with Crippen LogP contribution in [0.15, 0.2) is 42.6 Å². The summed E-state index contributed by atoms with van der Waals surface area (Å²) in [6.45, 7) is 0. The van der Waals surface area contributed by atoms with E-state index in [1.165, 1.54) is 0 Å². The van der Waals surface area contributed by atoms with Crippen molar-refractivity contribution in [3.8, 4) is 17.0 Å². The third-order valence-corrected chi connectivity index (χ3v) is 2.31. The second-order valence-corrected chi connectivity index (χ2v) is 3.32. The fourth-order valence-corrected chi connectivity index (χ4v) is 1.40. The predicted octanol–water partition coefficient (Wildman–Crippen LogP) is 2.57. The van der Waals surface area contributed by atoms with Crippen molar-refractivity contribution < 1.29 is 9.53 Å². The van der Waals surface area contributed by atoms with Crippen LogP contribution in [0.3, 0.4) is 0 Å². The molecule has 1 heterocycles. The zero-order valence-corrected chi connectivity index (χ0v) is 8.88. The summed E-state index contributed by atoms with van der Waals surface area (Å²) in [6, 6.07) is 11.0. The Morgan fingerprint density at radius 1 is 1.12 bits per heavy atom. The molecule has 2 rings (SSSR count). The maximum absolute atomic E-state index is 10.5. The van der Waals surface area contributed by atoms with E-state index < -0.39 is 0 Å². The third kappa shape index (κ3) is 2.08. The van der Waals surface area contributed by atoms with E-state index in [9.17, 15) is 4.79 Å². The number of aromatic nitrogens is 1. The van der Waals surface area contributed by atoms with Crippen LogP contribution in [0.4, 0.5) is 0 Å². The van der Waals surface area contributed by atoms with Gasteiger partial charge in [-0.1, -0.05) is 24.3 Å². The maximum atomic E-state index is 10.5. The van der Waals surface area contributed by atoms with Gasteiger partial charge in [-0.25, -0.2) is 0 Å². The van der Waals surface area contributed by atoms with E-state index in [0.717, 1.165) is 23.3 Å². The summed E-state index contributed by atoms with van der Waals surface area (Å²) >= 11 is 0. The van der Waals surface area contributed by atoms with E-state index in [4.69, 9.17) is 4.74 Å². The van der Waals surface area contributed by atoms with E-state index >= 15 is 0 Å². The summed E-state index contributed by atoms with van der Waals surface area (Å²) in [5, 5.41) is 0. The molecule has 1 aromatic carbocycles. The first-order chi connectivity index (χ1) is 7.83. The first kappa shape index (κ1) is 10.4. The second-order valence-electron chi connectivity index (χ2n) is 3.32. The van der Waals surface area contributed by atoms with Crippen molar-refractivity contribution >= 4 is 6.29 Å². The average Bonchev–Trinajstić information content (AvgIpc) is 2.39. The molecule has 0 atom stereocenters. The van der Waals surface area contributed by atoms with Gasteiger partial charge in [-0.15, -0.1) is 0 Å². The molecule has 16 heavy (non-hydrogen) atoms. The zero-order chi connectivity index (χ0) is 11.4. The minimum atomic E-state index is 0.664. The van der Waals surface area contributed by atoms with Gasteiger partial charge < -0.3 is 4.74 Å². The lowest BCUT2D eigenvalue weighted by Crippen LogP contribution is -1.87. The van der Waals surface area contributed by atoms with E-state index in [0.29, 0.717) is 5.56 Å². The topological polar surface area (TPSA) is 39.2 Å². The second kappa shape index (κ2) is 4.57. The molecule has 0 unspecified atom stereocenters. The van der Waals surface area contributed by atoms with Gasteiger partial charge in [0, 0.05) is 11.1 Å². The standard InChI is InChI=1S/C13H11NO2/c1-16-12-6-7-13(14-8-12)11-4-2-10(9-15)3-5-11/h2-9H,1H3. The van der Waals surface area contributed by atoms with Crippen LogP contribution in [0.25, 0.3) is 11.3 Å². The first-order valence-corrected chi connectivity index (χ1v) is 4.89. The Bertz CT molecular complexity index is 474. The molecule has 0 saturated heterocycles. The number of methoxy groups -OCH3 is 1. The molecule has 80 valence electrons. The lowest BCUT2D eigenvalue weighted by molar-refractivity contribution is 0.112. The Kier molecular flexibility index (Phi) is 2.96. The molecule has 0 aliphatic carbocycles. The lowest BCUT2D eigenvalue weighted by Gasteiger charge is -2.02. The highest BCUT2D eigenvalue weighted by Gasteiger charge is 1.99. The van der Waals surface area contributed by atoms with Gasteiger partial charge in [0.15, 0.2) is 0 Å². The number of benzene rings is 1. The van der Waals surface area contributed by atoms with Crippen molar-refractivity contribution in [1.82, 2.24) is 4.98 Å². The largest absolute Gasteiger partial charge is 0.495 e. The smallest absolute Gasteiger partial charge is 0.150 e. The van der Waals surface area contributed by atoms with Crippen molar-refractivity contribution in [1.29, 1.82) is 0 Å². The van der Waals surface area contributed by atoms with Crippen LogP contribution >= 0.6 is 0 Å². The van der Waals surface area contributed by atoms with Gasteiger partial charge in [0.2, 0.25) is 0 Å². The van der Waals surface area contributed by atoms with Gasteiger partial charge in [-0.2, -0.15) is 0 Å². The third-order valence-electron chi connectivity index (χ3n) is 2.31. The number of carbonyl (C=O) groups is 1. The van der Waals surface area contributed by atoms with Crippen LogP contribution < -0.4 is 4.74 Å². The van der Waals surface area contributed by atoms with E-state index in [2.05, 4.69) is 4.98 Å². The van der Waals surface area contributed by atoms with Crippen LogP contribution in [0.1, 0.15) is 10.4 Å². The monoisotopic (exact) mass is 213 g/mol. The Hall–Kier alpha value is -2.16. The van der Waals surface area contributed by atoms with Crippen molar-refractivity contribution in [2.45, 2.75) is 0 Å². The van der Waals surface area contributed by atoms with E-state index in [1.54, 1.807) is 25.4 Å². The minimum Gasteiger partial charge on any atom is -0.495 e. The zero-order valence-electron chi connectivity index (χ0n) is 8.88. The van der Waals surface area contributed by atoms with Gasteiger partial charge in [-0.3, -0.25) is 9.78 Å². The summed E-state index contributed by atoms with van der Waals surface area (Å²) in [6.07, 6.45) is 2.49. The Morgan fingerprint density at radius 3 is 2.38 bits per heavy atom. The lowest BCUT2D eigenvalue weighted by atomic mass is 10.1. The number of pyridine rings is 1. The normalized spacial score (nSPS) is 9.81. The number of nitrogens with zero attached hydrogens (tertiary/aromatic N) is 1. The predicted molar refractivity (Wildman–Crippen MR) is 61.6 cm³/mol. The fourth-order valence-electron chi connectivity index (χ4n) is 1.40. The van der Waals surface area contributed by atoms with E-state index in [1.807, 2.05) is 24.3 Å². The Balaban J connectivity index is 2.31. The van der Waals surface area contributed by atoms with Crippen LogP contribution in [0.5, 0.6) is 5.75 Å². The molecule has 0 saturated carbocycles. The SMILES string of the molecule is COc1ccc(-c2ccc(C=O)cc2)nc1. The molecular weight excluding hydrogens is 202 g/mol. The molecule has 1 aromatic heterocycles. The molecule has 3 nitrogen and oxygen atoms in total. The summed E-state index contributed by atoms with van der Waals surface area (Å²) in [5.41, 5.74) is 2.50. The minimum absolute atomic E-state index is 0.664. The molecular formula is C13H11NO2. The highest BCUT2D eigenvalue weighted by Crippen LogP contribution is 2.19. The molecule has 0 fully saturated rings. The maximum Gasteiger partial charge on any atom is 0.150 e. The molecule has 0 bridgehead atoms. The fraction of sp³-hybridized carbons (Fsp3) is 0.0769. The van der Waals surface area contributed by atoms with Gasteiger partial charge in [-0.05, 0) is 12.1 Å². The summed E-state index contributed by atoms with van der Waals surface area (Å²) in [4.78, 5) is 14.8. The van der Waals surface area contributed by atoms with Crippen molar-refractivity contribution in [2.24, 2.45) is 0 Å². The summed E-state index contributed by atoms with van der Waals surface area (Å²) in [5.74, 6) is 0.730. The molecule has 0 N–H and O–H groups in total. The number of aldehydes is 1. The van der Waals surface area contributed by atoms with Gasteiger partial charge in [0.1, 0.15) is 12.0 Å².